The molecular weight excluding hydrogens is 214 g/mol. The summed E-state index contributed by atoms with van der Waals surface area (Å²) in [4.78, 5) is 10.7. The van der Waals surface area contributed by atoms with Gasteiger partial charge in [-0.1, -0.05) is 18.2 Å². The molecule has 0 spiro atoms. The Balaban J connectivity index is 1.92. The van der Waals surface area contributed by atoms with Gasteiger partial charge in [0.2, 0.25) is 0 Å². The predicted molar refractivity (Wildman–Crippen MR) is 66.5 cm³/mol. The molecule has 17 heavy (non-hydrogen) atoms. The van der Waals surface area contributed by atoms with Crippen molar-refractivity contribution >= 4 is 6.29 Å². The molecule has 1 aromatic carbocycles. The van der Waals surface area contributed by atoms with Gasteiger partial charge in [0.15, 0.2) is 6.29 Å². The zero-order valence-electron chi connectivity index (χ0n) is 9.80. The van der Waals surface area contributed by atoms with Gasteiger partial charge < -0.3 is 9.30 Å². The third kappa shape index (κ3) is 2.75. The standard InChI is InChI=1S/C14H15NO2/c1-12-5-2-3-7-14(12)17-10-9-15-8-4-6-13(15)11-16/h2-8,11H,9-10H2,1H3. The lowest BCUT2D eigenvalue weighted by Gasteiger charge is -2.10. The molecule has 0 aliphatic rings. The highest BCUT2D eigenvalue weighted by molar-refractivity contribution is 5.72. The van der Waals surface area contributed by atoms with Gasteiger partial charge >= 0.3 is 0 Å². The number of rotatable bonds is 5. The number of benzene rings is 1. The SMILES string of the molecule is Cc1ccccc1OCCn1cccc1C=O. The third-order valence-corrected chi connectivity index (χ3v) is 2.67. The van der Waals surface area contributed by atoms with E-state index in [1.165, 1.54) is 0 Å². The lowest BCUT2D eigenvalue weighted by molar-refractivity contribution is 0.111. The summed E-state index contributed by atoms with van der Waals surface area (Å²) in [5, 5.41) is 0. The van der Waals surface area contributed by atoms with E-state index < -0.39 is 0 Å². The van der Waals surface area contributed by atoms with Crippen LogP contribution in [0.15, 0.2) is 42.6 Å². The monoisotopic (exact) mass is 229 g/mol. The maximum atomic E-state index is 10.7. The van der Waals surface area contributed by atoms with Crippen LogP contribution in [0.4, 0.5) is 0 Å². The lowest BCUT2D eigenvalue weighted by atomic mass is 10.2. The lowest BCUT2D eigenvalue weighted by Crippen LogP contribution is -2.09. The molecule has 0 radical (unpaired) electrons. The van der Waals surface area contributed by atoms with Crippen molar-refractivity contribution in [1.29, 1.82) is 0 Å². The van der Waals surface area contributed by atoms with E-state index in [1.54, 1.807) is 6.07 Å². The fourth-order valence-electron chi connectivity index (χ4n) is 1.71. The van der Waals surface area contributed by atoms with Crippen LogP contribution >= 0.6 is 0 Å². The second kappa shape index (κ2) is 5.34. The number of carbonyl (C=O) groups is 1. The van der Waals surface area contributed by atoms with E-state index in [9.17, 15) is 4.79 Å². The number of hydrogen-bond acceptors (Lipinski definition) is 2. The van der Waals surface area contributed by atoms with Crippen LogP contribution in [0.25, 0.3) is 0 Å². The number of para-hydroxylation sites is 1. The van der Waals surface area contributed by atoms with Crippen molar-refractivity contribution in [2.75, 3.05) is 6.61 Å². The molecule has 0 fully saturated rings. The first kappa shape index (κ1) is 11.5. The Morgan fingerprint density at radius 3 is 2.82 bits per heavy atom. The van der Waals surface area contributed by atoms with Gasteiger partial charge in [0.1, 0.15) is 12.4 Å². The van der Waals surface area contributed by atoms with Gasteiger partial charge in [-0.15, -0.1) is 0 Å². The van der Waals surface area contributed by atoms with E-state index in [4.69, 9.17) is 4.74 Å². The van der Waals surface area contributed by atoms with Crippen molar-refractivity contribution in [2.24, 2.45) is 0 Å². The Hall–Kier alpha value is -2.03. The van der Waals surface area contributed by atoms with E-state index in [0.29, 0.717) is 18.8 Å². The Bertz CT molecular complexity index is 502. The Kier molecular flexibility index (Phi) is 3.60. The molecule has 1 heterocycles. The van der Waals surface area contributed by atoms with Crippen LogP contribution in [0.1, 0.15) is 16.1 Å². The minimum atomic E-state index is 0.556. The largest absolute Gasteiger partial charge is 0.491 e. The number of aryl methyl sites for hydroxylation is 1. The number of aromatic nitrogens is 1. The van der Waals surface area contributed by atoms with Gasteiger partial charge in [-0.3, -0.25) is 4.79 Å². The van der Waals surface area contributed by atoms with Crippen LogP contribution in [0.3, 0.4) is 0 Å². The molecule has 2 aromatic rings. The fraction of sp³-hybridized carbons (Fsp3) is 0.214. The quantitative estimate of drug-likeness (QED) is 0.738. The third-order valence-electron chi connectivity index (χ3n) is 2.67. The highest BCUT2D eigenvalue weighted by atomic mass is 16.5. The topological polar surface area (TPSA) is 31.2 Å². The van der Waals surface area contributed by atoms with E-state index in [2.05, 4.69) is 0 Å². The molecule has 0 saturated carbocycles. The van der Waals surface area contributed by atoms with Crippen LogP contribution in [-0.4, -0.2) is 17.5 Å². The second-order valence-electron chi connectivity index (χ2n) is 3.86. The minimum absolute atomic E-state index is 0.556. The van der Waals surface area contributed by atoms with Crippen molar-refractivity contribution < 1.29 is 9.53 Å². The molecule has 0 aliphatic heterocycles. The average Bonchev–Trinajstić information content (AvgIpc) is 2.79. The van der Waals surface area contributed by atoms with E-state index in [1.807, 2.05) is 48.0 Å². The Labute approximate surface area is 101 Å². The van der Waals surface area contributed by atoms with Crippen molar-refractivity contribution in [1.82, 2.24) is 4.57 Å². The van der Waals surface area contributed by atoms with Crippen molar-refractivity contribution in [3.05, 3.63) is 53.9 Å². The number of ether oxygens (including phenoxy) is 1. The molecule has 0 aliphatic carbocycles. The maximum Gasteiger partial charge on any atom is 0.166 e. The molecule has 88 valence electrons. The number of aldehydes is 1. The van der Waals surface area contributed by atoms with Crippen LogP contribution < -0.4 is 4.74 Å². The summed E-state index contributed by atoms with van der Waals surface area (Å²) in [6.45, 7) is 3.25. The highest BCUT2D eigenvalue weighted by Gasteiger charge is 2.00. The first-order chi connectivity index (χ1) is 8.31. The van der Waals surface area contributed by atoms with Gasteiger partial charge in [-0.2, -0.15) is 0 Å². The maximum absolute atomic E-state index is 10.7. The number of carbonyl (C=O) groups excluding carboxylic acids is 1. The van der Waals surface area contributed by atoms with Gasteiger partial charge in [0.05, 0.1) is 12.2 Å². The molecule has 0 unspecified atom stereocenters. The predicted octanol–water partition coefficient (Wildman–Crippen LogP) is 2.69. The summed E-state index contributed by atoms with van der Waals surface area (Å²) in [6.07, 6.45) is 2.73. The molecular formula is C14H15NO2. The minimum Gasteiger partial charge on any atom is -0.491 e. The van der Waals surface area contributed by atoms with Crippen LogP contribution in [0, 0.1) is 6.92 Å². The van der Waals surface area contributed by atoms with Crippen molar-refractivity contribution in [2.45, 2.75) is 13.5 Å². The van der Waals surface area contributed by atoms with Gasteiger partial charge in [-0.25, -0.2) is 0 Å². The smallest absolute Gasteiger partial charge is 0.166 e. The van der Waals surface area contributed by atoms with Crippen molar-refractivity contribution in [3.63, 3.8) is 0 Å². The first-order valence-corrected chi connectivity index (χ1v) is 5.60. The molecule has 0 saturated heterocycles. The summed E-state index contributed by atoms with van der Waals surface area (Å²) in [6, 6.07) is 11.6. The van der Waals surface area contributed by atoms with Crippen LogP contribution in [-0.2, 0) is 6.54 Å². The number of hydrogen-bond donors (Lipinski definition) is 0. The van der Waals surface area contributed by atoms with Crippen molar-refractivity contribution in [3.8, 4) is 5.75 Å². The molecule has 0 amide bonds. The normalized spacial score (nSPS) is 10.2. The molecule has 1 aromatic heterocycles. The average molecular weight is 229 g/mol. The van der Waals surface area contributed by atoms with Crippen LogP contribution in [0.5, 0.6) is 5.75 Å². The number of nitrogens with zero attached hydrogens (tertiary/aromatic N) is 1. The summed E-state index contributed by atoms with van der Waals surface area (Å²) in [7, 11) is 0. The van der Waals surface area contributed by atoms with E-state index in [0.717, 1.165) is 17.6 Å². The second-order valence-corrected chi connectivity index (χ2v) is 3.86. The summed E-state index contributed by atoms with van der Waals surface area (Å²) < 4.78 is 7.55. The van der Waals surface area contributed by atoms with Gasteiger partial charge in [0, 0.05) is 6.20 Å². The Morgan fingerprint density at radius 1 is 1.24 bits per heavy atom. The molecule has 2 rings (SSSR count). The molecule has 3 heteroatoms. The zero-order valence-corrected chi connectivity index (χ0v) is 9.80. The summed E-state index contributed by atoms with van der Waals surface area (Å²) >= 11 is 0. The highest BCUT2D eigenvalue weighted by Crippen LogP contribution is 2.16. The van der Waals surface area contributed by atoms with Gasteiger partial charge in [0.25, 0.3) is 0 Å². The Morgan fingerprint density at radius 2 is 2.06 bits per heavy atom. The van der Waals surface area contributed by atoms with E-state index >= 15 is 0 Å². The zero-order chi connectivity index (χ0) is 12.1. The van der Waals surface area contributed by atoms with Gasteiger partial charge in [-0.05, 0) is 30.7 Å². The molecule has 0 bridgehead atoms. The van der Waals surface area contributed by atoms with Crippen LogP contribution in [0.2, 0.25) is 0 Å². The fourth-order valence-corrected chi connectivity index (χ4v) is 1.71. The summed E-state index contributed by atoms with van der Waals surface area (Å²) in [5.41, 5.74) is 1.80. The molecule has 3 nitrogen and oxygen atoms in total. The van der Waals surface area contributed by atoms with E-state index in [-0.39, 0.29) is 0 Å². The first-order valence-electron chi connectivity index (χ1n) is 5.60. The summed E-state index contributed by atoms with van der Waals surface area (Å²) in [5.74, 6) is 0.896. The molecule has 0 N–H and O–H groups in total. The molecule has 0 atom stereocenters.